The van der Waals surface area contributed by atoms with Crippen LogP contribution in [-0.4, -0.2) is 13.2 Å². The molecule has 0 spiro atoms. The largest absolute Gasteiger partial charge is 0.492 e. The lowest BCUT2D eigenvalue weighted by atomic mass is 9.82. The lowest BCUT2D eigenvalue weighted by molar-refractivity contribution is 0.276. The standard InChI is InChI=1S/C16H26BrNO/c1-6-10-19-14-9-8-12(11-13(14)17)15(18-7-2)16(3,4)5/h8-9,11,15,18H,6-7,10H2,1-5H3. The van der Waals surface area contributed by atoms with Crippen molar-refractivity contribution in [2.24, 2.45) is 5.41 Å². The Morgan fingerprint density at radius 2 is 1.95 bits per heavy atom. The number of ether oxygens (including phenoxy) is 1. The van der Waals surface area contributed by atoms with Crippen molar-refractivity contribution in [1.29, 1.82) is 0 Å². The van der Waals surface area contributed by atoms with E-state index in [1.165, 1.54) is 5.56 Å². The van der Waals surface area contributed by atoms with E-state index in [1.807, 2.05) is 0 Å². The molecule has 108 valence electrons. The highest BCUT2D eigenvalue weighted by atomic mass is 79.9. The second-order valence-electron chi connectivity index (χ2n) is 5.90. The maximum atomic E-state index is 5.70. The van der Waals surface area contributed by atoms with Crippen LogP contribution in [0.1, 0.15) is 52.6 Å². The monoisotopic (exact) mass is 327 g/mol. The highest BCUT2D eigenvalue weighted by Gasteiger charge is 2.25. The lowest BCUT2D eigenvalue weighted by Gasteiger charge is -2.32. The number of nitrogens with one attached hydrogen (secondary N) is 1. The average Bonchev–Trinajstić information content (AvgIpc) is 2.33. The molecule has 0 bridgehead atoms. The number of hydrogen-bond acceptors (Lipinski definition) is 2. The van der Waals surface area contributed by atoms with Gasteiger partial charge in [0.15, 0.2) is 0 Å². The quantitative estimate of drug-likeness (QED) is 0.799. The first-order valence-electron chi connectivity index (χ1n) is 7.05. The van der Waals surface area contributed by atoms with Crippen molar-refractivity contribution in [2.75, 3.05) is 13.2 Å². The van der Waals surface area contributed by atoms with E-state index in [0.29, 0.717) is 6.04 Å². The Morgan fingerprint density at radius 3 is 2.42 bits per heavy atom. The van der Waals surface area contributed by atoms with Gasteiger partial charge in [-0.2, -0.15) is 0 Å². The molecule has 0 heterocycles. The van der Waals surface area contributed by atoms with E-state index in [4.69, 9.17) is 4.74 Å². The average molecular weight is 328 g/mol. The van der Waals surface area contributed by atoms with Gasteiger partial charge in [0.25, 0.3) is 0 Å². The van der Waals surface area contributed by atoms with E-state index in [1.54, 1.807) is 0 Å². The maximum Gasteiger partial charge on any atom is 0.133 e. The van der Waals surface area contributed by atoms with Crippen molar-refractivity contribution in [3.05, 3.63) is 28.2 Å². The van der Waals surface area contributed by atoms with Gasteiger partial charge >= 0.3 is 0 Å². The lowest BCUT2D eigenvalue weighted by Crippen LogP contribution is -2.32. The van der Waals surface area contributed by atoms with Crippen LogP contribution in [0.4, 0.5) is 0 Å². The van der Waals surface area contributed by atoms with Crippen LogP contribution in [0.25, 0.3) is 0 Å². The maximum absolute atomic E-state index is 5.70. The van der Waals surface area contributed by atoms with Crippen LogP contribution in [0.15, 0.2) is 22.7 Å². The second kappa shape index (κ2) is 7.30. The topological polar surface area (TPSA) is 21.3 Å². The summed E-state index contributed by atoms with van der Waals surface area (Å²) >= 11 is 3.61. The van der Waals surface area contributed by atoms with Crippen LogP contribution in [-0.2, 0) is 0 Å². The minimum atomic E-state index is 0.182. The summed E-state index contributed by atoms with van der Waals surface area (Å²) in [5.74, 6) is 0.926. The zero-order valence-electron chi connectivity index (χ0n) is 12.7. The van der Waals surface area contributed by atoms with Crippen molar-refractivity contribution >= 4 is 15.9 Å². The third-order valence-electron chi connectivity index (χ3n) is 3.03. The third-order valence-corrected chi connectivity index (χ3v) is 3.64. The molecule has 0 aliphatic carbocycles. The molecule has 19 heavy (non-hydrogen) atoms. The van der Waals surface area contributed by atoms with Crippen LogP contribution in [0.5, 0.6) is 5.75 Å². The first-order chi connectivity index (χ1) is 8.90. The van der Waals surface area contributed by atoms with Gasteiger partial charge in [0.2, 0.25) is 0 Å². The summed E-state index contributed by atoms with van der Waals surface area (Å²) in [7, 11) is 0. The molecule has 2 nitrogen and oxygen atoms in total. The molecule has 1 atom stereocenters. The fourth-order valence-electron chi connectivity index (χ4n) is 2.15. The molecule has 1 N–H and O–H groups in total. The van der Waals surface area contributed by atoms with Crippen molar-refractivity contribution in [3.63, 3.8) is 0 Å². The molecule has 0 fully saturated rings. The van der Waals surface area contributed by atoms with Gasteiger partial charge < -0.3 is 10.1 Å². The van der Waals surface area contributed by atoms with Crippen molar-refractivity contribution in [1.82, 2.24) is 5.32 Å². The normalized spacial score (nSPS) is 13.4. The molecule has 0 radical (unpaired) electrons. The molecule has 0 aliphatic rings. The van der Waals surface area contributed by atoms with Gasteiger partial charge in [0.05, 0.1) is 11.1 Å². The number of halogens is 1. The van der Waals surface area contributed by atoms with Crippen molar-refractivity contribution < 1.29 is 4.74 Å². The summed E-state index contributed by atoms with van der Waals surface area (Å²) < 4.78 is 6.73. The molecule has 1 aromatic rings. The van der Waals surface area contributed by atoms with Crippen LogP contribution >= 0.6 is 15.9 Å². The molecule has 0 saturated heterocycles. The van der Waals surface area contributed by atoms with Crippen LogP contribution in [0.2, 0.25) is 0 Å². The van der Waals surface area contributed by atoms with Gasteiger partial charge in [-0.25, -0.2) is 0 Å². The zero-order chi connectivity index (χ0) is 14.5. The van der Waals surface area contributed by atoms with Crippen molar-refractivity contribution in [3.8, 4) is 5.75 Å². The Bertz CT molecular complexity index is 398. The van der Waals surface area contributed by atoms with Gasteiger partial charge in [-0.15, -0.1) is 0 Å². The van der Waals surface area contributed by atoms with E-state index in [-0.39, 0.29) is 5.41 Å². The summed E-state index contributed by atoms with van der Waals surface area (Å²) in [5, 5.41) is 3.57. The molecule has 0 aromatic heterocycles. The first kappa shape index (κ1) is 16.5. The Morgan fingerprint density at radius 1 is 1.26 bits per heavy atom. The Labute approximate surface area is 126 Å². The molecular weight excluding hydrogens is 302 g/mol. The molecular formula is C16H26BrNO. The molecule has 1 unspecified atom stereocenters. The Kier molecular flexibility index (Phi) is 6.34. The Hall–Kier alpha value is -0.540. The van der Waals surface area contributed by atoms with Crippen LogP contribution < -0.4 is 10.1 Å². The predicted octanol–water partition coefficient (Wildman–Crippen LogP) is 4.93. The summed E-state index contributed by atoms with van der Waals surface area (Å²) in [5.41, 5.74) is 1.48. The molecule has 0 amide bonds. The highest BCUT2D eigenvalue weighted by molar-refractivity contribution is 9.10. The van der Waals surface area contributed by atoms with Crippen molar-refractivity contribution in [2.45, 2.75) is 47.1 Å². The van der Waals surface area contributed by atoms with E-state index in [9.17, 15) is 0 Å². The summed E-state index contributed by atoms with van der Waals surface area (Å²) in [6.07, 6.45) is 1.02. The third kappa shape index (κ3) is 4.81. The van der Waals surface area contributed by atoms with E-state index >= 15 is 0 Å². The van der Waals surface area contributed by atoms with E-state index < -0.39 is 0 Å². The zero-order valence-corrected chi connectivity index (χ0v) is 14.3. The highest BCUT2D eigenvalue weighted by Crippen LogP contribution is 2.36. The second-order valence-corrected chi connectivity index (χ2v) is 6.75. The van der Waals surface area contributed by atoms with Gasteiger partial charge in [-0.05, 0) is 52.0 Å². The molecule has 1 rings (SSSR count). The van der Waals surface area contributed by atoms with E-state index in [2.05, 4.69) is 74.1 Å². The van der Waals surface area contributed by atoms with Gasteiger partial charge in [-0.3, -0.25) is 0 Å². The Balaban J connectivity index is 2.96. The van der Waals surface area contributed by atoms with Gasteiger partial charge in [-0.1, -0.05) is 40.7 Å². The molecule has 0 aliphatic heterocycles. The fourth-order valence-corrected chi connectivity index (χ4v) is 2.66. The smallest absolute Gasteiger partial charge is 0.133 e. The number of rotatable bonds is 6. The van der Waals surface area contributed by atoms with Crippen LogP contribution in [0, 0.1) is 5.41 Å². The minimum Gasteiger partial charge on any atom is -0.492 e. The molecule has 0 saturated carbocycles. The van der Waals surface area contributed by atoms with Gasteiger partial charge in [0.1, 0.15) is 5.75 Å². The molecule has 1 aromatic carbocycles. The number of hydrogen-bond donors (Lipinski definition) is 1. The molecule has 3 heteroatoms. The number of benzene rings is 1. The summed E-state index contributed by atoms with van der Waals surface area (Å²) in [6.45, 7) is 12.8. The predicted molar refractivity (Wildman–Crippen MR) is 85.8 cm³/mol. The fraction of sp³-hybridized carbons (Fsp3) is 0.625. The SMILES string of the molecule is CCCOc1ccc(C(NCC)C(C)(C)C)cc1Br. The van der Waals surface area contributed by atoms with E-state index in [0.717, 1.165) is 29.8 Å². The van der Waals surface area contributed by atoms with Crippen LogP contribution in [0.3, 0.4) is 0 Å². The minimum absolute atomic E-state index is 0.182. The first-order valence-corrected chi connectivity index (χ1v) is 7.85. The van der Waals surface area contributed by atoms with Gasteiger partial charge in [0, 0.05) is 6.04 Å². The summed E-state index contributed by atoms with van der Waals surface area (Å²) in [4.78, 5) is 0. The summed E-state index contributed by atoms with van der Waals surface area (Å²) in [6, 6.07) is 6.73.